The van der Waals surface area contributed by atoms with Crippen LogP contribution in [0.5, 0.6) is 0 Å². The molecule has 1 aliphatic heterocycles. The number of esters is 1. The van der Waals surface area contributed by atoms with Crippen LogP contribution in [-0.4, -0.2) is 57.3 Å². The van der Waals surface area contributed by atoms with E-state index in [1.54, 1.807) is 11.8 Å². The number of rotatable bonds is 9. The third-order valence-corrected chi connectivity index (χ3v) is 6.43. The number of carbonyl (C=O) groups is 2. The lowest BCUT2D eigenvalue weighted by Gasteiger charge is -2.24. The van der Waals surface area contributed by atoms with Gasteiger partial charge in [0.05, 0.1) is 7.11 Å². The maximum absolute atomic E-state index is 13.0. The Hall–Kier alpha value is -2.84. The SMILES string of the molecule is CON=C(C(=O)N[C@@H](Cc1ccc(-c2ccccc2SC)cc1)C(=O)OC)C1CCOCC1. The molecule has 0 bridgehead atoms. The number of ether oxygens (including phenoxy) is 2. The fourth-order valence-electron chi connectivity index (χ4n) is 3.88. The Morgan fingerprint density at radius 3 is 2.45 bits per heavy atom. The zero-order chi connectivity index (χ0) is 23.6. The standard InChI is InChI=1S/C25H30N2O5S/c1-30-25(29)21(26-24(28)23(27-31-2)19-12-14-32-15-13-19)16-17-8-10-18(11-9-17)20-6-4-5-7-22(20)33-3/h4-11,19,21H,12-16H2,1-3H3,(H,26,28)/t21-/m0/s1. The Bertz CT molecular complexity index is 971. The third kappa shape index (κ3) is 6.58. The number of methoxy groups -OCH3 is 1. The Morgan fingerprint density at radius 2 is 1.82 bits per heavy atom. The summed E-state index contributed by atoms with van der Waals surface area (Å²) >= 11 is 1.70. The van der Waals surface area contributed by atoms with Gasteiger partial charge in [0.25, 0.3) is 5.91 Å². The van der Waals surface area contributed by atoms with Gasteiger partial charge >= 0.3 is 5.97 Å². The van der Waals surface area contributed by atoms with Crippen molar-refractivity contribution in [2.24, 2.45) is 11.1 Å². The maximum Gasteiger partial charge on any atom is 0.328 e. The number of hydrogen-bond donors (Lipinski definition) is 1. The quantitative estimate of drug-likeness (QED) is 0.260. The molecule has 33 heavy (non-hydrogen) atoms. The number of nitrogens with zero attached hydrogens (tertiary/aromatic N) is 1. The second-order valence-electron chi connectivity index (χ2n) is 7.70. The van der Waals surface area contributed by atoms with Crippen LogP contribution in [-0.2, 0) is 30.3 Å². The molecular formula is C25H30N2O5S. The predicted octanol–water partition coefficient (Wildman–Crippen LogP) is 3.70. The molecule has 0 spiro atoms. The zero-order valence-corrected chi connectivity index (χ0v) is 20.0. The van der Waals surface area contributed by atoms with Crippen LogP contribution in [0, 0.1) is 5.92 Å². The highest BCUT2D eigenvalue weighted by Gasteiger charge is 2.30. The van der Waals surface area contributed by atoms with Gasteiger partial charge in [-0.2, -0.15) is 0 Å². The van der Waals surface area contributed by atoms with Crippen LogP contribution >= 0.6 is 11.8 Å². The first-order chi connectivity index (χ1) is 16.1. The van der Waals surface area contributed by atoms with Crippen LogP contribution < -0.4 is 5.32 Å². The van der Waals surface area contributed by atoms with Gasteiger partial charge in [0.15, 0.2) is 0 Å². The first-order valence-electron chi connectivity index (χ1n) is 10.9. The van der Waals surface area contributed by atoms with Crippen molar-refractivity contribution in [3.8, 4) is 11.1 Å². The lowest BCUT2D eigenvalue weighted by molar-refractivity contribution is -0.144. The fourth-order valence-corrected chi connectivity index (χ4v) is 4.50. The highest BCUT2D eigenvalue weighted by atomic mass is 32.2. The second kappa shape index (κ2) is 12.4. The minimum atomic E-state index is -0.839. The Labute approximate surface area is 198 Å². The highest BCUT2D eigenvalue weighted by molar-refractivity contribution is 7.98. The Kier molecular flexibility index (Phi) is 9.33. The lowest BCUT2D eigenvalue weighted by Crippen LogP contribution is -2.47. The molecule has 8 heteroatoms. The number of nitrogens with one attached hydrogen (secondary N) is 1. The lowest BCUT2D eigenvalue weighted by atomic mass is 9.93. The van der Waals surface area contributed by atoms with Crippen molar-refractivity contribution in [2.75, 3.05) is 33.7 Å². The summed E-state index contributed by atoms with van der Waals surface area (Å²) in [6, 6.07) is 15.4. The summed E-state index contributed by atoms with van der Waals surface area (Å²) in [5, 5.41) is 6.74. The molecule has 1 aliphatic rings. The molecule has 7 nitrogen and oxygen atoms in total. The highest BCUT2D eigenvalue weighted by Crippen LogP contribution is 2.30. The van der Waals surface area contributed by atoms with Gasteiger partial charge in [-0.3, -0.25) is 4.79 Å². The molecular weight excluding hydrogens is 440 g/mol. The Morgan fingerprint density at radius 1 is 1.12 bits per heavy atom. The van der Waals surface area contributed by atoms with Crippen molar-refractivity contribution in [3.05, 3.63) is 54.1 Å². The van der Waals surface area contributed by atoms with Gasteiger partial charge in [0.2, 0.25) is 0 Å². The molecule has 176 valence electrons. The van der Waals surface area contributed by atoms with E-state index >= 15 is 0 Å². The van der Waals surface area contributed by atoms with Crippen LogP contribution in [0.1, 0.15) is 18.4 Å². The van der Waals surface area contributed by atoms with E-state index in [-0.39, 0.29) is 11.6 Å². The van der Waals surface area contributed by atoms with E-state index in [0.717, 1.165) is 16.7 Å². The maximum atomic E-state index is 13.0. The van der Waals surface area contributed by atoms with Crippen LogP contribution in [0.3, 0.4) is 0 Å². The van der Waals surface area contributed by atoms with Gasteiger partial charge in [-0.05, 0) is 41.9 Å². The van der Waals surface area contributed by atoms with Crippen LogP contribution in [0.4, 0.5) is 0 Å². The molecule has 0 aliphatic carbocycles. The molecule has 1 N–H and O–H groups in total. The number of thioether (sulfide) groups is 1. The summed E-state index contributed by atoms with van der Waals surface area (Å²) in [5.41, 5.74) is 3.44. The molecule has 0 radical (unpaired) electrons. The van der Waals surface area contributed by atoms with E-state index in [1.807, 2.05) is 36.4 Å². The van der Waals surface area contributed by atoms with E-state index in [4.69, 9.17) is 14.3 Å². The monoisotopic (exact) mass is 470 g/mol. The van der Waals surface area contributed by atoms with Crippen molar-refractivity contribution < 1.29 is 23.9 Å². The molecule has 3 rings (SSSR count). The van der Waals surface area contributed by atoms with Crippen molar-refractivity contribution in [3.63, 3.8) is 0 Å². The van der Waals surface area contributed by atoms with E-state index in [1.165, 1.54) is 19.1 Å². The van der Waals surface area contributed by atoms with Gasteiger partial charge in [0.1, 0.15) is 18.9 Å². The van der Waals surface area contributed by atoms with Crippen molar-refractivity contribution in [1.82, 2.24) is 5.32 Å². The average molecular weight is 471 g/mol. The normalized spacial score (nSPS) is 15.5. The summed E-state index contributed by atoms with van der Waals surface area (Å²) in [6.45, 7) is 1.13. The van der Waals surface area contributed by atoms with Crippen LogP contribution in [0.2, 0.25) is 0 Å². The molecule has 2 aromatic carbocycles. The number of amides is 1. The number of oxime groups is 1. The fraction of sp³-hybridized carbons (Fsp3) is 0.400. The first kappa shape index (κ1) is 24.8. The van der Waals surface area contributed by atoms with Gasteiger partial charge in [0, 0.05) is 30.4 Å². The molecule has 2 aromatic rings. The van der Waals surface area contributed by atoms with E-state index in [2.05, 4.69) is 28.9 Å². The summed E-state index contributed by atoms with van der Waals surface area (Å²) in [5.74, 6) is -1.01. The van der Waals surface area contributed by atoms with Gasteiger partial charge in [-0.25, -0.2) is 4.79 Å². The smallest absolute Gasteiger partial charge is 0.328 e. The summed E-state index contributed by atoms with van der Waals surface area (Å²) in [7, 11) is 2.72. The second-order valence-corrected chi connectivity index (χ2v) is 8.54. The molecule has 1 atom stereocenters. The molecule has 1 amide bonds. The summed E-state index contributed by atoms with van der Waals surface area (Å²) in [4.78, 5) is 31.5. The topological polar surface area (TPSA) is 86.2 Å². The van der Waals surface area contributed by atoms with E-state index < -0.39 is 17.9 Å². The molecule has 1 fully saturated rings. The van der Waals surface area contributed by atoms with E-state index in [9.17, 15) is 9.59 Å². The van der Waals surface area contributed by atoms with Crippen molar-refractivity contribution >= 4 is 29.4 Å². The first-order valence-corrected chi connectivity index (χ1v) is 12.1. The summed E-state index contributed by atoms with van der Waals surface area (Å²) in [6.07, 6.45) is 3.71. The number of benzene rings is 2. The summed E-state index contributed by atoms with van der Waals surface area (Å²) < 4.78 is 10.3. The van der Waals surface area contributed by atoms with Crippen LogP contribution in [0.15, 0.2) is 58.6 Å². The number of carbonyl (C=O) groups excluding carboxylic acids is 2. The van der Waals surface area contributed by atoms with Crippen molar-refractivity contribution in [1.29, 1.82) is 0 Å². The van der Waals surface area contributed by atoms with E-state index in [0.29, 0.717) is 32.5 Å². The molecule has 0 saturated carbocycles. The zero-order valence-electron chi connectivity index (χ0n) is 19.2. The average Bonchev–Trinajstić information content (AvgIpc) is 2.87. The van der Waals surface area contributed by atoms with Gasteiger partial charge in [-0.15, -0.1) is 11.8 Å². The molecule has 0 aromatic heterocycles. The minimum absolute atomic E-state index is 0.0761. The van der Waals surface area contributed by atoms with Gasteiger partial charge < -0.3 is 19.6 Å². The third-order valence-electron chi connectivity index (χ3n) is 5.63. The van der Waals surface area contributed by atoms with Gasteiger partial charge in [-0.1, -0.05) is 47.6 Å². The molecule has 1 saturated heterocycles. The van der Waals surface area contributed by atoms with Crippen LogP contribution in [0.25, 0.3) is 11.1 Å². The minimum Gasteiger partial charge on any atom is -0.467 e. The van der Waals surface area contributed by atoms with Crippen molar-refractivity contribution in [2.45, 2.75) is 30.2 Å². The largest absolute Gasteiger partial charge is 0.467 e. The molecule has 1 heterocycles. The molecule has 0 unspecified atom stereocenters. The number of hydrogen-bond acceptors (Lipinski definition) is 7. The Balaban J connectivity index is 1.74. The predicted molar refractivity (Wildman–Crippen MR) is 129 cm³/mol.